The lowest BCUT2D eigenvalue weighted by atomic mass is 10.0. The molecule has 0 aliphatic carbocycles. The highest BCUT2D eigenvalue weighted by Crippen LogP contribution is 2.15. The molecule has 0 aliphatic heterocycles. The Morgan fingerprint density at radius 2 is 1.82 bits per heavy atom. The minimum atomic E-state index is -1.20. The molecule has 0 amide bonds. The maximum Gasteiger partial charge on any atom is 0.355 e. The molecule has 17 heavy (non-hydrogen) atoms. The second kappa shape index (κ2) is 5.03. The third kappa shape index (κ3) is 2.87. The zero-order valence-electron chi connectivity index (χ0n) is 10.4. The van der Waals surface area contributed by atoms with Gasteiger partial charge in [0, 0.05) is 18.0 Å². The van der Waals surface area contributed by atoms with Crippen molar-refractivity contribution < 1.29 is 14.7 Å². The maximum absolute atomic E-state index is 11.8. The van der Waals surface area contributed by atoms with E-state index in [0.717, 1.165) is 0 Å². The van der Waals surface area contributed by atoms with Gasteiger partial charge >= 0.3 is 5.97 Å². The molecule has 0 bridgehead atoms. The van der Waals surface area contributed by atoms with Gasteiger partial charge in [0.05, 0.1) is 5.56 Å². The van der Waals surface area contributed by atoms with Crippen LogP contribution in [-0.2, 0) is 0 Å². The summed E-state index contributed by atoms with van der Waals surface area (Å²) < 4.78 is 0. The van der Waals surface area contributed by atoms with E-state index in [9.17, 15) is 9.59 Å². The third-order valence-electron chi connectivity index (χ3n) is 2.32. The second-order valence-corrected chi connectivity index (χ2v) is 4.47. The third-order valence-corrected chi connectivity index (χ3v) is 2.32. The van der Waals surface area contributed by atoms with Crippen molar-refractivity contribution in [2.45, 2.75) is 33.6 Å². The Morgan fingerprint density at radius 3 is 2.24 bits per heavy atom. The average molecular weight is 236 g/mol. The molecule has 1 aromatic heterocycles. The lowest BCUT2D eigenvalue weighted by molar-refractivity contribution is 0.0683. The molecule has 1 aromatic rings. The second-order valence-electron chi connectivity index (χ2n) is 4.47. The van der Waals surface area contributed by atoms with Gasteiger partial charge in [-0.1, -0.05) is 27.7 Å². The molecule has 1 rings (SSSR count). The summed E-state index contributed by atoms with van der Waals surface area (Å²) in [6.07, 6.45) is 1.31. The number of carbonyl (C=O) groups excluding carboxylic acids is 1. The van der Waals surface area contributed by atoms with Gasteiger partial charge in [-0.05, 0) is 0 Å². The summed E-state index contributed by atoms with van der Waals surface area (Å²) in [6, 6.07) is 0. The number of ketones is 1. The number of nitrogens with zero attached hydrogens (tertiary/aromatic N) is 2. The normalized spacial score (nSPS) is 10.9. The van der Waals surface area contributed by atoms with Crippen LogP contribution in [0.15, 0.2) is 6.20 Å². The number of rotatable bonds is 4. The van der Waals surface area contributed by atoms with Crippen molar-refractivity contribution >= 4 is 11.8 Å². The molecule has 0 unspecified atom stereocenters. The molecule has 1 heterocycles. The van der Waals surface area contributed by atoms with Gasteiger partial charge in [0.15, 0.2) is 11.5 Å². The van der Waals surface area contributed by atoms with Crippen LogP contribution >= 0.6 is 0 Å². The fraction of sp³-hybridized carbons (Fsp3) is 0.500. The van der Waals surface area contributed by atoms with E-state index in [1.807, 2.05) is 13.8 Å². The first kappa shape index (κ1) is 13.3. The fourth-order valence-electron chi connectivity index (χ4n) is 1.33. The van der Waals surface area contributed by atoms with Crippen LogP contribution in [0.4, 0.5) is 0 Å². The molecular formula is C12H16N2O3. The van der Waals surface area contributed by atoms with Crippen LogP contribution in [0.3, 0.4) is 0 Å². The minimum absolute atomic E-state index is 0.0244. The molecule has 0 spiro atoms. The smallest absolute Gasteiger partial charge is 0.355 e. The topological polar surface area (TPSA) is 80.2 Å². The van der Waals surface area contributed by atoms with Gasteiger partial charge in [0.25, 0.3) is 0 Å². The first-order chi connectivity index (χ1) is 7.84. The monoisotopic (exact) mass is 236 g/mol. The summed E-state index contributed by atoms with van der Waals surface area (Å²) in [7, 11) is 0. The van der Waals surface area contributed by atoms with Crippen molar-refractivity contribution in [1.82, 2.24) is 9.97 Å². The zero-order valence-corrected chi connectivity index (χ0v) is 10.4. The molecular weight excluding hydrogens is 220 g/mol. The number of aromatic nitrogens is 2. The number of hydrogen-bond donors (Lipinski definition) is 1. The van der Waals surface area contributed by atoms with Crippen LogP contribution in [0, 0.1) is 5.92 Å². The van der Waals surface area contributed by atoms with Gasteiger partial charge < -0.3 is 5.11 Å². The van der Waals surface area contributed by atoms with Crippen molar-refractivity contribution in [2.24, 2.45) is 5.92 Å². The summed E-state index contributed by atoms with van der Waals surface area (Å²) in [5, 5.41) is 9.06. The van der Waals surface area contributed by atoms with Gasteiger partial charge in [-0.15, -0.1) is 0 Å². The number of aromatic carboxylic acids is 1. The largest absolute Gasteiger partial charge is 0.476 e. The lowest BCUT2D eigenvalue weighted by Gasteiger charge is -2.09. The van der Waals surface area contributed by atoms with Crippen LogP contribution in [0.2, 0.25) is 0 Å². The Hall–Kier alpha value is -1.78. The predicted octanol–water partition coefficient (Wildman–Crippen LogP) is 2.14. The van der Waals surface area contributed by atoms with Gasteiger partial charge in [-0.3, -0.25) is 4.79 Å². The molecule has 5 nitrogen and oxygen atoms in total. The SMILES string of the molecule is CC(C)C(=O)c1cnc(C(C)C)nc1C(=O)O. The Kier molecular flexibility index (Phi) is 3.93. The molecule has 0 aromatic carbocycles. The molecule has 92 valence electrons. The first-order valence-corrected chi connectivity index (χ1v) is 5.49. The minimum Gasteiger partial charge on any atom is -0.476 e. The van der Waals surface area contributed by atoms with Crippen molar-refractivity contribution in [3.63, 3.8) is 0 Å². The highest BCUT2D eigenvalue weighted by molar-refractivity contribution is 6.05. The first-order valence-electron chi connectivity index (χ1n) is 5.49. The average Bonchev–Trinajstić information content (AvgIpc) is 2.26. The number of carboxylic acid groups (broad SMARTS) is 1. The molecule has 0 radical (unpaired) electrons. The van der Waals surface area contributed by atoms with E-state index < -0.39 is 5.97 Å². The summed E-state index contributed by atoms with van der Waals surface area (Å²) >= 11 is 0. The Morgan fingerprint density at radius 1 is 1.24 bits per heavy atom. The quantitative estimate of drug-likeness (QED) is 0.810. The number of carbonyl (C=O) groups is 2. The van der Waals surface area contributed by atoms with E-state index in [1.54, 1.807) is 13.8 Å². The molecule has 1 N–H and O–H groups in total. The van der Waals surface area contributed by atoms with Gasteiger partial charge in [-0.2, -0.15) is 0 Å². The highest BCUT2D eigenvalue weighted by Gasteiger charge is 2.22. The van der Waals surface area contributed by atoms with E-state index in [2.05, 4.69) is 9.97 Å². The summed E-state index contributed by atoms with van der Waals surface area (Å²) in [5.74, 6) is -1.27. The van der Waals surface area contributed by atoms with E-state index in [4.69, 9.17) is 5.11 Å². The Balaban J connectivity index is 3.32. The van der Waals surface area contributed by atoms with Crippen molar-refractivity contribution in [2.75, 3.05) is 0 Å². The van der Waals surface area contributed by atoms with Crippen LogP contribution in [-0.4, -0.2) is 26.8 Å². The Labute approximate surface area is 99.9 Å². The molecule has 0 aliphatic rings. The fourth-order valence-corrected chi connectivity index (χ4v) is 1.33. The van der Waals surface area contributed by atoms with Crippen molar-refractivity contribution in [3.8, 4) is 0 Å². The lowest BCUT2D eigenvalue weighted by Crippen LogP contribution is -2.17. The molecule has 5 heteroatoms. The molecule has 0 saturated carbocycles. The standard InChI is InChI=1S/C12H16N2O3/c1-6(2)10(15)8-5-13-11(7(3)4)14-9(8)12(16)17/h5-7H,1-4H3,(H,16,17). The van der Waals surface area contributed by atoms with E-state index in [0.29, 0.717) is 5.82 Å². The van der Waals surface area contributed by atoms with Crippen LogP contribution in [0.1, 0.15) is 60.3 Å². The van der Waals surface area contributed by atoms with Gasteiger partial charge in [0.1, 0.15) is 5.82 Å². The molecule has 0 saturated heterocycles. The molecule has 0 atom stereocenters. The highest BCUT2D eigenvalue weighted by atomic mass is 16.4. The van der Waals surface area contributed by atoms with Crippen molar-refractivity contribution in [1.29, 1.82) is 0 Å². The number of hydrogen-bond acceptors (Lipinski definition) is 4. The van der Waals surface area contributed by atoms with E-state index in [1.165, 1.54) is 6.20 Å². The van der Waals surface area contributed by atoms with Crippen LogP contribution < -0.4 is 0 Å². The zero-order chi connectivity index (χ0) is 13.2. The van der Waals surface area contributed by atoms with Crippen LogP contribution in [0.25, 0.3) is 0 Å². The number of carboxylic acids is 1. The maximum atomic E-state index is 11.8. The van der Waals surface area contributed by atoms with E-state index >= 15 is 0 Å². The summed E-state index contributed by atoms with van der Waals surface area (Å²) in [4.78, 5) is 30.9. The van der Waals surface area contributed by atoms with Gasteiger partial charge in [0.2, 0.25) is 0 Å². The molecule has 0 fully saturated rings. The summed E-state index contributed by atoms with van der Waals surface area (Å²) in [6.45, 7) is 7.16. The van der Waals surface area contributed by atoms with Crippen molar-refractivity contribution in [3.05, 3.63) is 23.3 Å². The van der Waals surface area contributed by atoms with Crippen LogP contribution in [0.5, 0.6) is 0 Å². The van der Waals surface area contributed by atoms with Gasteiger partial charge in [-0.25, -0.2) is 14.8 Å². The Bertz CT molecular complexity index is 453. The summed E-state index contributed by atoms with van der Waals surface area (Å²) in [5.41, 5.74) is -0.126. The predicted molar refractivity (Wildman–Crippen MR) is 62.2 cm³/mol. The van der Waals surface area contributed by atoms with E-state index in [-0.39, 0.29) is 28.9 Å². The number of Topliss-reactive ketones (excluding diaryl/α,β-unsaturated/α-hetero) is 1.